The molecule has 0 bridgehead atoms. The summed E-state index contributed by atoms with van der Waals surface area (Å²) in [6, 6.07) is 13.1. The highest BCUT2D eigenvalue weighted by atomic mass is 16.1. The third-order valence-corrected chi connectivity index (χ3v) is 4.89. The minimum Gasteiger partial charge on any atom is -0.341 e. The largest absolute Gasteiger partial charge is 0.341 e. The Morgan fingerprint density at radius 3 is 2.42 bits per heavy atom. The Kier molecular flexibility index (Phi) is 5.08. The summed E-state index contributed by atoms with van der Waals surface area (Å²) in [6.07, 6.45) is 2.83. The smallest absolute Gasteiger partial charge is 0.224 e. The van der Waals surface area contributed by atoms with E-state index in [2.05, 4.69) is 81.2 Å². The van der Waals surface area contributed by atoms with Crippen molar-refractivity contribution in [2.45, 2.75) is 53.9 Å². The van der Waals surface area contributed by atoms with E-state index in [0.717, 1.165) is 29.8 Å². The molecule has 0 spiro atoms. The predicted molar refractivity (Wildman–Crippen MR) is 110 cm³/mol. The first-order chi connectivity index (χ1) is 12.2. The summed E-state index contributed by atoms with van der Waals surface area (Å²) in [7, 11) is 0. The van der Waals surface area contributed by atoms with Crippen LogP contribution in [0.5, 0.6) is 0 Å². The van der Waals surface area contributed by atoms with Gasteiger partial charge in [-0.25, -0.2) is 0 Å². The molecule has 3 nitrogen and oxygen atoms in total. The van der Waals surface area contributed by atoms with Gasteiger partial charge in [0.2, 0.25) is 5.91 Å². The van der Waals surface area contributed by atoms with Crippen LogP contribution in [0.2, 0.25) is 0 Å². The quantitative estimate of drug-likeness (QED) is 0.763. The minimum atomic E-state index is -0.0106. The number of benzene rings is 2. The molecule has 0 atom stereocenters. The van der Waals surface area contributed by atoms with Crippen LogP contribution in [-0.4, -0.2) is 12.5 Å². The second-order valence-corrected chi connectivity index (χ2v) is 8.62. The van der Waals surface area contributed by atoms with Crippen molar-refractivity contribution in [2.75, 3.05) is 16.8 Å². The fraction of sp³-hybridized carbons (Fsp3) is 0.435. The highest BCUT2D eigenvalue weighted by Gasteiger charge is 2.20. The molecule has 3 heteroatoms. The van der Waals surface area contributed by atoms with E-state index < -0.39 is 0 Å². The topological polar surface area (TPSA) is 32.3 Å². The lowest BCUT2D eigenvalue weighted by atomic mass is 9.92. The number of carbonyl (C=O) groups is 1. The molecule has 1 aliphatic heterocycles. The van der Waals surface area contributed by atoms with Gasteiger partial charge in [0.05, 0.1) is 0 Å². The zero-order valence-corrected chi connectivity index (χ0v) is 16.6. The number of nitrogens with one attached hydrogen (secondary N) is 1. The van der Waals surface area contributed by atoms with E-state index in [1.807, 2.05) is 0 Å². The number of carbonyl (C=O) groups excluding carboxylic acids is 1. The fourth-order valence-corrected chi connectivity index (χ4v) is 3.76. The van der Waals surface area contributed by atoms with Crippen molar-refractivity contribution >= 4 is 23.0 Å². The Bertz CT molecular complexity index is 794. The fourth-order valence-electron chi connectivity index (χ4n) is 3.76. The van der Waals surface area contributed by atoms with Crippen molar-refractivity contribution in [2.24, 2.45) is 5.41 Å². The highest BCUT2D eigenvalue weighted by molar-refractivity contribution is 5.93. The zero-order valence-electron chi connectivity index (χ0n) is 16.6. The van der Waals surface area contributed by atoms with Crippen molar-refractivity contribution < 1.29 is 4.79 Å². The van der Waals surface area contributed by atoms with Gasteiger partial charge >= 0.3 is 0 Å². The van der Waals surface area contributed by atoms with Crippen LogP contribution in [0.1, 0.15) is 50.3 Å². The maximum atomic E-state index is 12.4. The van der Waals surface area contributed by atoms with Gasteiger partial charge in [-0.3, -0.25) is 4.79 Å². The Morgan fingerprint density at radius 1 is 1.12 bits per heavy atom. The van der Waals surface area contributed by atoms with Crippen LogP contribution in [-0.2, 0) is 11.2 Å². The molecule has 0 aliphatic carbocycles. The normalized spacial score (nSPS) is 14.1. The van der Waals surface area contributed by atoms with Gasteiger partial charge in [-0.1, -0.05) is 39.0 Å². The summed E-state index contributed by atoms with van der Waals surface area (Å²) < 4.78 is 0. The molecule has 1 aliphatic rings. The molecule has 0 aromatic heterocycles. The van der Waals surface area contributed by atoms with Crippen molar-refractivity contribution in [3.05, 3.63) is 53.1 Å². The molecule has 138 valence electrons. The predicted octanol–water partition coefficient (Wildman–Crippen LogP) is 5.76. The maximum absolute atomic E-state index is 12.4. The number of nitrogens with zero attached hydrogens (tertiary/aromatic N) is 1. The van der Waals surface area contributed by atoms with E-state index in [4.69, 9.17) is 0 Å². The van der Waals surface area contributed by atoms with E-state index in [1.54, 1.807) is 0 Å². The molecular formula is C23H30N2O. The lowest BCUT2D eigenvalue weighted by Gasteiger charge is -2.32. The van der Waals surface area contributed by atoms with E-state index >= 15 is 0 Å². The Hall–Kier alpha value is -2.29. The van der Waals surface area contributed by atoms with E-state index in [1.165, 1.54) is 23.4 Å². The average Bonchev–Trinajstić information content (AvgIpc) is 2.56. The summed E-state index contributed by atoms with van der Waals surface area (Å²) >= 11 is 0. The lowest BCUT2D eigenvalue weighted by molar-refractivity contribution is -0.117. The molecule has 3 rings (SSSR count). The first-order valence-electron chi connectivity index (χ1n) is 9.51. The summed E-state index contributed by atoms with van der Waals surface area (Å²) in [5.41, 5.74) is 7.10. The van der Waals surface area contributed by atoms with E-state index in [-0.39, 0.29) is 11.3 Å². The van der Waals surface area contributed by atoms with Gasteiger partial charge in [0.15, 0.2) is 0 Å². The van der Waals surface area contributed by atoms with Crippen molar-refractivity contribution in [1.29, 1.82) is 0 Å². The van der Waals surface area contributed by atoms with Crippen LogP contribution in [0.4, 0.5) is 17.1 Å². The number of rotatable bonds is 3. The molecular weight excluding hydrogens is 320 g/mol. The third-order valence-electron chi connectivity index (χ3n) is 4.89. The second kappa shape index (κ2) is 7.14. The molecule has 26 heavy (non-hydrogen) atoms. The molecule has 2 aromatic rings. The first kappa shape index (κ1) is 18.5. The van der Waals surface area contributed by atoms with Crippen LogP contribution < -0.4 is 10.2 Å². The lowest BCUT2D eigenvalue weighted by Crippen LogP contribution is -2.25. The first-order valence-corrected chi connectivity index (χ1v) is 9.51. The number of fused-ring (bicyclic) bond motifs is 1. The SMILES string of the molecule is Cc1cc(N2CCCc3ccccc32)cc(C)c1NC(=O)CC(C)(C)C. The number of aryl methyl sites for hydroxylation is 3. The van der Waals surface area contributed by atoms with Gasteiger partial charge in [-0.15, -0.1) is 0 Å². The number of anilines is 3. The van der Waals surface area contributed by atoms with Crippen molar-refractivity contribution in [3.63, 3.8) is 0 Å². The highest BCUT2D eigenvalue weighted by Crippen LogP contribution is 2.36. The number of para-hydroxylation sites is 1. The molecule has 0 fully saturated rings. The minimum absolute atomic E-state index is 0.0106. The van der Waals surface area contributed by atoms with Crippen LogP contribution in [0.25, 0.3) is 0 Å². The zero-order chi connectivity index (χ0) is 18.9. The molecule has 2 aromatic carbocycles. The standard InChI is InChI=1S/C23H30N2O/c1-16-13-19(25-12-8-10-18-9-6-7-11-20(18)25)14-17(2)22(16)24-21(26)15-23(3,4)5/h6-7,9,11,13-14H,8,10,12,15H2,1-5H3,(H,24,26). The van der Waals surface area contributed by atoms with Gasteiger partial charge < -0.3 is 10.2 Å². The molecule has 0 unspecified atom stereocenters. The van der Waals surface area contributed by atoms with Crippen LogP contribution in [0.3, 0.4) is 0 Å². The molecule has 0 saturated heterocycles. The van der Waals surface area contributed by atoms with Gasteiger partial charge in [0.1, 0.15) is 0 Å². The molecule has 0 saturated carbocycles. The summed E-state index contributed by atoms with van der Waals surface area (Å²) in [6.45, 7) is 11.5. The molecule has 1 heterocycles. The summed E-state index contributed by atoms with van der Waals surface area (Å²) in [5, 5.41) is 3.13. The van der Waals surface area contributed by atoms with Crippen LogP contribution in [0.15, 0.2) is 36.4 Å². The summed E-state index contributed by atoms with van der Waals surface area (Å²) in [5.74, 6) is 0.0831. The number of hydrogen-bond donors (Lipinski definition) is 1. The van der Waals surface area contributed by atoms with Gasteiger partial charge in [0.25, 0.3) is 0 Å². The van der Waals surface area contributed by atoms with Crippen LogP contribution in [0, 0.1) is 19.3 Å². The number of amides is 1. The number of hydrogen-bond acceptors (Lipinski definition) is 2. The molecule has 1 amide bonds. The summed E-state index contributed by atoms with van der Waals surface area (Å²) in [4.78, 5) is 14.8. The Labute approximate surface area is 157 Å². The van der Waals surface area contributed by atoms with Gasteiger partial charge in [-0.2, -0.15) is 0 Å². The van der Waals surface area contributed by atoms with Crippen molar-refractivity contribution in [3.8, 4) is 0 Å². The second-order valence-electron chi connectivity index (χ2n) is 8.62. The van der Waals surface area contributed by atoms with E-state index in [9.17, 15) is 4.79 Å². The molecule has 1 N–H and O–H groups in total. The Balaban J connectivity index is 1.88. The van der Waals surface area contributed by atoms with Gasteiger partial charge in [0, 0.05) is 30.0 Å². The van der Waals surface area contributed by atoms with Crippen molar-refractivity contribution in [1.82, 2.24) is 0 Å². The average molecular weight is 351 g/mol. The van der Waals surface area contributed by atoms with E-state index in [0.29, 0.717) is 6.42 Å². The van der Waals surface area contributed by atoms with Crippen LogP contribution >= 0.6 is 0 Å². The Morgan fingerprint density at radius 2 is 1.77 bits per heavy atom. The molecule has 0 radical (unpaired) electrons. The maximum Gasteiger partial charge on any atom is 0.224 e. The third kappa shape index (κ3) is 4.09. The van der Waals surface area contributed by atoms with Gasteiger partial charge in [-0.05, 0) is 67.0 Å². The monoisotopic (exact) mass is 350 g/mol.